The molecule has 4 aromatic rings. The SMILES string of the molecule is COc1cc(OC)cc(N(C[C@@H](O)CNCC(C)(F)F)c2ccc3ncc(-c4cnn(C)c4)nc3c2)c1. The van der Waals surface area contributed by atoms with Gasteiger partial charge in [-0.2, -0.15) is 5.10 Å². The maximum atomic E-state index is 13.2. The summed E-state index contributed by atoms with van der Waals surface area (Å²) in [6.45, 7) is 0.399. The topological polar surface area (TPSA) is 97.6 Å². The molecule has 0 spiro atoms. The van der Waals surface area contributed by atoms with E-state index < -0.39 is 18.6 Å². The second kappa shape index (κ2) is 11.1. The summed E-state index contributed by atoms with van der Waals surface area (Å²) in [4.78, 5) is 11.2. The van der Waals surface area contributed by atoms with Gasteiger partial charge in [0.25, 0.3) is 5.92 Å². The van der Waals surface area contributed by atoms with Gasteiger partial charge in [-0.15, -0.1) is 0 Å². The van der Waals surface area contributed by atoms with Crippen LogP contribution in [-0.4, -0.2) is 70.7 Å². The molecule has 0 saturated carbocycles. The minimum Gasteiger partial charge on any atom is -0.497 e. The van der Waals surface area contributed by atoms with Crippen LogP contribution in [0.25, 0.3) is 22.3 Å². The van der Waals surface area contributed by atoms with Crippen molar-refractivity contribution in [3.63, 3.8) is 0 Å². The molecule has 11 heteroatoms. The first kappa shape index (κ1) is 26.2. The van der Waals surface area contributed by atoms with Gasteiger partial charge in [0, 0.05) is 61.9 Å². The maximum absolute atomic E-state index is 13.2. The molecular formula is C26H30F2N6O3. The van der Waals surface area contributed by atoms with Gasteiger partial charge < -0.3 is 24.8 Å². The van der Waals surface area contributed by atoms with Gasteiger partial charge in [0.2, 0.25) is 0 Å². The Morgan fingerprint density at radius 2 is 1.78 bits per heavy atom. The number of aromatic nitrogens is 4. The van der Waals surface area contributed by atoms with E-state index in [2.05, 4.69) is 15.4 Å². The number of aryl methyl sites for hydroxylation is 1. The van der Waals surface area contributed by atoms with Crippen LogP contribution in [0.15, 0.2) is 55.0 Å². The highest BCUT2D eigenvalue weighted by atomic mass is 19.3. The predicted octanol–water partition coefficient (Wildman–Crippen LogP) is 3.79. The Bertz CT molecular complexity index is 1340. The molecule has 9 nitrogen and oxygen atoms in total. The van der Waals surface area contributed by atoms with Gasteiger partial charge in [-0.25, -0.2) is 13.8 Å². The zero-order valence-corrected chi connectivity index (χ0v) is 21.2. The molecule has 2 heterocycles. The fraction of sp³-hybridized carbons (Fsp3) is 0.346. The number of fused-ring (bicyclic) bond motifs is 1. The number of alkyl halides is 2. The van der Waals surface area contributed by atoms with Crippen molar-refractivity contribution in [2.24, 2.45) is 7.05 Å². The third-order valence-electron chi connectivity index (χ3n) is 5.69. The standard InChI is InChI=1S/C26H30F2N6O3/c1-26(27,28)16-29-12-20(35)15-34(19-7-21(36-3)10-22(8-19)37-4)18-5-6-23-24(9-18)32-25(13-30-23)17-11-31-33(2)14-17/h5-11,13-14,20,29,35H,12,15-16H2,1-4H3/t20-/m0/s1. The second-order valence-electron chi connectivity index (χ2n) is 8.87. The number of hydrogen-bond acceptors (Lipinski definition) is 8. The molecule has 2 N–H and O–H groups in total. The fourth-order valence-electron chi connectivity index (χ4n) is 3.90. The lowest BCUT2D eigenvalue weighted by molar-refractivity contribution is 0.0199. The fourth-order valence-corrected chi connectivity index (χ4v) is 3.90. The number of aliphatic hydroxyl groups excluding tert-OH is 1. The van der Waals surface area contributed by atoms with Gasteiger partial charge in [-0.1, -0.05) is 0 Å². The highest BCUT2D eigenvalue weighted by molar-refractivity contribution is 5.82. The summed E-state index contributed by atoms with van der Waals surface area (Å²) in [6.07, 6.45) is 4.32. The Labute approximate surface area is 213 Å². The number of benzene rings is 2. The van der Waals surface area contributed by atoms with Crippen LogP contribution >= 0.6 is 0 Å². The van der Waals surface area contributed by atoms with Crippen molar-refractivity contribution in [2.45, 2.75) is 19.0 Å². The molecule has 1 atom stereocenters. The van der Waals surface area contributed by atoms with Crippen LogP contribution in [0.4, 0.5) is 20.2 Å². The molecule has 0 unspecified atom stereocenters. The van der Waals surface area contributed by atoms with E-state index in [0.717, 1.165) is 18.2 Å². The number of methoxy groups -OCH3 is 2. The molecule has 0 amide bonds. The first-order valence-electron chi connectivity index (χ1n) is 11.7. The van der Waals surface area contributed by atoms with Crippen molar-refractivity contribution in [1.82, 2.24) is 25.1 Å². The first-order valence-corrected chi connectivity index (χ1v) is 11.7. The molecule has 196 valence electrons. The van der Waals surface area contributed by atoms with Crippen molar-refractivity contribution >= 4 is 22.4 Å². The van der Waals surface area contributed by atoms with Crippen molar-refractivity contribution in [3.05, 3.63) is 55.0 Å². The largest absolute Gasteiger partial charge is 0.497 e. The lowest BCUT2D eigenvalue weighted by Gasteiger charge is -2.28. The number of halogens is 2. The predicted molar refractivity (Wildman–Crippen MR) is 138 cm³/mol. The van der Waals surface area contributed by atoms with Gasteiger partial charge in [-0.3, -0.25) is 9.67 Å². The first-order chi connectivity index (χ1) is 17.6. The van der Waals surface area contributed by atoms with Crippen LogP contribution in [0.2, 0.25) is 0 Å². The Kier molecular flexibility index (Phi) is 7.84. The monoisotopic (exact) mass is 512 g/mol. The quantitative estimate of drug-likeness (QED) is 0.313. The number of anilines is 2. The zero-order valence-electron chi connectivity index (χ0n) is 21.2. The molecule has 0 saturated heterocycles. The van der Waals surface area contributed by atoms with E-state index in [9.17, 15) is 13.9 Å². The minimum atomic E-state index is -2.87. The third-order valence-corrected chi connectivity index (χ3v) is 5.69. The van der Waals surface area contributed by atoms with E-state index in [1.165, 1.54) is 0 Å². The van der Waals surface area contributed by atoms with Crippen molar-refractivity contribution in [1.29, 1.82) is 0 Å². The smallest absolute Gasteiger partial charge is 0.257 e. The number of rotatable bonds is 11. The summed E-state index contributed by atoms with van der Waals surface area (Å²) in [7, 11) is 4.94. The van der Waals surface area contributed by atoms with Crippen LogP contribution in [-0.2, 0) is 7.05 Å². The number of aliphatic hydroxyl groups is 1. The number of ether oxygens (including phenoxy) is 2. The molecule has 0 aliphatic rings. The van der Waals surface area contributed by atoms with Crippen LogP contribution < -0.4 is 19.7 Å². The third kappa shape index (κ3) is 6.69. The van der Waals surface area contributed by atoms with Crippen LogP contribution in [0.5, 0.6) is 11.5 Å². The molecule has 2 aromatic carbocycles. The van der Waals surface area contributed by atoms with Gasteiger partial charge in [0.15, 0.2) is 0 Å². The molecule has 4 rings (SSSR count). The molecule has 0 aliphatic carbocycles. The molecule has 0 bridgehead atoms. The molecule has 0 fully saturated rings. The zero-order chi connectivity index (χ0) is 26.6. The van der Waals surface area contributed by atoms with Gasteiger partial charge >= 0.3 is 0 Å². The summed E-state index contributed by atoms with van der Waals surface area (Å²) < 4.78 is 39.0. The highest BCUT2D eigenvalue weighted by Gasteiger charge is 2.22. The second-order valence-corrected chi connectivity index (χ2v) is 8.87. The van der Waals surface area contributed by atoms with Crippen LogP contribution in [0.1, 0.15) is 6.92 Å². The molecular weight excluding hydrogens is 482 g/mol. The Balaban J connectivity index is 1.71. The maximum Gasteiger partial charge on any atom is 0.257 e. The lowest BCUT2D eigenvalue weighted by atomic mass is 10.1. The molecule has 2 aromatic heterocycles. The lowest BCUT2D eigenvalue weighted by Crippen LogP contribution is -2.40. The van der Waals surface area contributed by atoms with Crippen molar-refractivity contribution in [2.75, 3.05) is 38.8 Å². The van der Waals surface area contributed by atoms with Crippen molar-refractivity contribution < 1.29 is 23.4 Å². The minimum absolute atomic E-state index is 0.0143. The van der Waals surface area contributed by atoms with E-state index in [-0.39, 0.29) is 13.1 Å². The molecule has 37 heavy (non-hydrogen) atoms. The summed E-state index contributed by atoms with van der Waals surface area (Å²) in [6, 6.07) is 10.9. The average molecular weight is 513 g/mol. The van der Waals surface area contributed by atoms with E-state index in [1.54, 1.807) is 37.4 Å². The van der Waals surface area contributed by atoms with Gasteiger partial charge in [-0.05, 0) is 18.2 Å². The Morgan fingerprint density at radius 3 is 2.41 bits per heavy atom. The van der Waals surface area contributed by atoms with Gasteiger partial charge in [0.1, 0.15) is 11.5 Å². The van der Waals surface area contributed by atoms with Gasteiger partial charge in [0.05, 0.1) is 62.5 Å². The van der Waals surface area contributed by atoms with E-state index in [1.807, 2.05) is 48.5 Å². The van der Waals surface area contributed by atoms with Crippen LogP contribution in [0.3, 0.4) is 0 Å². The average Bonchev–Trinajstić information content (AvgIpc) is 3.31. The van der Waals surface area contributed by atoms with E-state index in [0.29, 0.717) is 33.9 Å². The normalized spacial score (nSPS) is 12.5. The van der Waals surface area contributed by atoms with Crippen LogP contribution in [0, 0.1) is 0 Å². The Hall–Kier alpha value is -3.83. The number of nitrogens with zero attached hydrogens (tertiary/aromatic N) is 5. The van der Waals surface area contributed by atoms with E-state index >= 15 is 0 Å². The van der Waals surface area contributed by atoms with Crippen molar-refractivity contribution in [3.8, 4) is 22.8 Å². The molecule has 0 radical (unpaired) electrons. The Morgan fingerprint density at radius 1 is 1.05 bits per heavy atom. The number of hydrogen-bond donors (Lipinski definition) is 2. The summed E-state index contributed by atoms with van der Waals surface area (Å²) in [5.74, 6) is -1.74. The summed E-state index contributed by atoms with van der Waals surface area (Å²) in [5, 5.41) is 17.6. The highest BCUT2D eigenvalue weighted by Crippen LogP contribution is 2.34. The molecule has 0 aliphatic heterocycles. The van der Waals surface area contributed by atoms with E-state index in [4.69, 9.17) is 14.5 Å². The summed E-state index contributed by atoms with van der Waals surface area (Å²) in [5.41, 5.74) is 4.28. The number of nitrogens with one attached hydrogen (secondary N) is 1. The summed E-state index contributed by atoms with van der Waals surface area (Å²) >= 11 is 0.